The van der Waals surface area contributed by atoms with Gasteiger partial charge in [0.1, 0.15) is 11.9 Å². The zero-order valence-electron chi connectivity index (χ0n) is 19.6. The first kappa shape index (κ1) is 25.4. The molecule has 0 saturated carbocycles. The lowest BCUT2D eigenvalue weighted by molar-refractivity contribution is -0.141. The van der Waals surface area contributed by atoms with E-state index in [1.54, 1.807) is 36.6 Å². The summed E-state index contributed by atoms with van der Waals surface area (Å²) in [5.41, 5.74) is 1.61. The molecule has 35 heavy (non-hydrogen) atoms. The molecule has 3 heterocycles. The van der Waals surface area contributed by atoms with Crippen LogP contribution in [-0.2, 0) is 4.79 Å². The Morgan fingerprint density at radius 3 is 2.86 bits per heavy atom. The van der Waals surface area contributed by atoms with Gasteiger partial charge in [0.15, 0.2) is 0 Å². The van der Waals surface area contributed by atoms with Crippen LogP contribution in [0.15, 0.2) is 41.2 Å². The highest BCUT2D eigenvalue weighted by molar-refractivity contribution is 7.08. The number of likely N-dealkylation sites (tertiary alicyclic amines) is 1. The van der Waals surface area contributed by atoms with Crippen LogP contribution in [0.3, 0.4) is 0 Å². The van der Waals surface area contributed by atoms with Crippen LogP contribution in [0.2, 0.25) is 5.02 Å². The summed E-state index contributed by atoms with van der Waals surface area (Å²) in [4.78, 5) is 18.2. The van der Waals surface area contributed by atoms with E-state index in [4.69, 9.17) is 16.3 Å². The Morgan fingerprint density at radius 2 is 2.17 bits per heavy atom. The molecule has 1 aromatic carbocycles. The number of ether oxygens (including phenoxy) is 1. The summed E-state index contributed by atoms with van der Waals surface area (Å²) < 4.78 is 21.0. The summed E-state index contributed by atoms with van der Waals surface area (Å²) >= 11 is 8.00. The van der Waals surface area contributed by atoms with Gasteiger partial charge < -0.3 is 9.84 Å². The van der Waals surface area contributed by atoms with E-state index in [0.717, 1.165) is 18.7 Å². The van der Waals surface area contributed by atoms with Gasteiger partial charge in [-0.3, -0.25) is 14.7 Å². The molecule has 184 valence electrons. The Bertz CT molecular complexity index is 1230. The van der Waals surface area contributed by atoms with Crippen molar-refractivity contribution in [2.24, 2.45) is 5.41 Å². The number of carboxylic acids is 1. The van der Waals surface area contributed by atoms with Crippen molar-refractivity contribution in [2.45, 2.75) is 38.3 Å². The number of aliphatic carboxylic acids is 1. The number of carbonyl (C=O) groups is 1. The minimum Gasteiger partial charge on any atom is -0.497 e. The number of aromatic nitrogens is 1. The minimum atomic E-state index is -1.33. The van der Waals surface area contributed by atoms with Gasteiger partial charge in [0.05, 0.1) is 30.6 Å². The fourth-order valence-corrected chi connectivity index (χ4v) is 5.66. The number of hydrogen-bond acceptors (Lipinski definition) is 5. The smallest absolute Gasteiger partial charge is 0.303 e. The van der Waals surface area contributed by atoms with Gasteiger partial charge in [-0.1, -0.05) is 23.4 Å². The maximum atomic E-state index is 15.7. The van der Waals surface area contributed by atoms with Gasteiger partial charge in [0.2, 0.25) is 0 Å². The maximum absolute atomic E-state index is 15.7. The Balaban J connectivity index is 1.44. The third-order valence-corrected chi connectivity index (χ3v) is 7.79. The molecule has 1 saturated heterocycles. The van der Waals surface area contributed by atoms with E-state index >= 15 is 4.39 Å². The predicted octanol–water partition coefficient (Wildman–Crippen LogP) is 6.36. The van der Waals surface area contributed by atoms with Crippen molar-refractivity contribution in [3.8, 4) is 17.6 Å². The number of nitrogens with zero attached hydrogens (tertiary/aromatic N) is 2. The second-order valence-electron chi connectivity index (χ2n) is 9.07. The van der Waals surface area contributed by atoms with Crippen molar-refractivity contribution >= 4 is 39.8 Å². The summed E-state index contributed by atoms with van der Waals surface area (Å²) in [5.74, 6) is 6.12. The van der Waals surface area contributed by atoms with Crippen molar-refractivity contribution in [1.29, 1.82) is 0 Å². The number of alkyl halides is 1. The molecule has 0 spiro atoms. The molecule has 4 rings (SSSR count). The molecule has 0 unspecified atom stereocenters. The van der Waals surface area contributed by atoms with E-state index in [2.05, 4.69) is 21.7 Å². The van der Waals surface area contributed by atoms with Crippen molar-refractivity contribution in [3.05, 3.63) is 57.4 Å². The van der Waals surface area contributed by atoms with Crippen LogP contribution in [0.1, 0.15) is 49.4 Å². The Morgan fingerprint density at radius 1 is 1.37 bits per heavy atom. The molecule has 2 aromatic heterocycles. The number of methoxy groups -OCH3 is 1. The fourth-order valence-electron chi connectivity index (χ4n) is 4.80. The van der Waals surface area contributed by atoms with Crippen LogP contribution in [0.25, 0.3) is 10.9 Å². The molecule has 0 radical (unpaired) electrons. The fraction of sp³-hybridized carbons (Fsp3) is 0.407. The number of piperidine rings is 1. The standard InChI is InChI=1S/C27H28ClFN2O3S/c1-34-20-4-5-24-21(15-20)26(22(28)17-30-24)23(29)6-8-27(16-25(32)33)9-12-31(13-10-27)11-2-3-19-7-14-35-18-19/h4-5,7,14-15,17-18,23H,6,8-13,16H2,1H3,(H,32,33)/t23-/m0/s1. The summed E-state index contributed by atoms with van der Waals surface area (Å²) in [5, 5.41) is 14.5. The number of thiophene rings is 1. The van der Waals surface area contributed by atoms with Crippen LogP contribution < -0.4 is 4.74 Å². The van der Waals surface area contributed by atoms with Crippen LogP contribution >= 0.6 is 22.9 Å². The number of benzene rings is 1. The first-order valence-electron chi connectivity index (χ1n) is 11.6. The number of rotatable bonds is 8. The van der Waals surface area contributed by atoms with Crippen molar-refractivity contribution in [2.75, 3.05) is 26.7 Å². The molecule has 5 nitrogen and oxygen atoms in total. The zero-order valence-corrected chi connectivity index (χ0v) is 21.2. The molecule has 1 aliphatic rings. The molecule has 1 aliphatic heterocycles. The minimum absolute atomic E-state index is 0.0345. The molecular weight excluding hydrogens is 487 g/mol. The third kappa shape index (κ3) is 6.32. The summed E-state index contributed by atoms with van der Waals surface area (Å²) in [6, 6.07) is 7.30. The SMILES string of the molecule is COc1ccc2ncc(Cl)c([C@@H](F)CCC3(CC(=O)O)CCN(CC#Cc4ccsc4)CC3)c2c1. The van der Waals surface area contributed by atoms with Crippen LogP contribution in [0, 0.1) is 17.3 Å². The van der Waals surface area contributed by atoms with Gasteiger partial charge in [-0.25, -0.2) is 4.39 Å². The summed E-state index contributed by atoms with van der Waals surface area (Å²) in [6.07, 6.45) is 2.24. The molecule has 1 N–H and O–H groups in total. The van der Waals surface area contributed by atoms with E-state index in [0.29, 0.717) is 48.0 Å². The van der Waals surface area contributed by atoms with E-state index in [-0.39, 0.29) is 17.9 Å². The Kier molecular flexibility index (Phi) is 8.27. The highest BCUT2D eigenvalue weighted by Gasteiger charge is 2.37. The largest absolute Gasteiger partial charge is 0.497 e. The van der Waals surface area contributed by atoms with E-state index in [1.165, 1.54) is 6.20 Å². The molecule has 0 amide bonds. The average Bonchev–Trinajstić information content (AvgIpc) is 3.36. The highest BCUT2D eigenvalue weighted by atomic mass is 35.5. The second-order valence-corrected chi connectivity index (χ2v) is 10.3. The van der Waals surface area contributed by atoms with Crippen molar-refractivity contribution < 1.29 is 19.0 Å². The van der Waals surface area contributed by atoms with E-state index < -0.39 is 17.6 Å². The van der Waals surface area contributed by atoms with Crippen molar-refractivity contribution in [3.63, 3.8) is 0 Å². The van der Waals surface area contributed by atoms with Gasteiger partial charge in [-0.15, -0.1) is 0 Å². The molecule has 1 atom stereocenters. The number of pyridine rings is 1. The number of hydrogen-bond donors (Lipinski definition) is 1. The van der Waals surface area contributed by atoms with Gasteiger partial charge >= 0.3 is 5.97 Å². The van der Waals surface area contributed by atoms with Gasteiger partial charge in [-0.2, -0.15) is 11.3 Å². The molecular formula is C27H28ClFN2O3S. The molecule has 0 bridgehead atoms. The van der Waals surface area contributed by atoms with Crippen LogP contribution in [-0.4, -0.2) is 47.7 Å². The van der Waals surface area contributed by atoms with Crippen molar-refractivity contribution in [1.82, 2.24) is 9.88 Å². The van der Waals surface area contributed by atoms with Crippen LogP contribution in [0.4, 0.5) is 4.39 Å². The first-order valence-corrected chi connectivity index (χ1v) is 12.9. The number of fused-ring (bicyclic) bond motifs is 1. The number of carboxylic acid groups (broad SMARTS) is 1. The van der Waals surface area contributed by atoms with Gasteiger partial charge in [0, 0.05) is 28.1 Å². The normalized spacial score (nSPS) is 16.4. The lowest BCUT2D eigenvalue weighted by atomic mass is 9.71. The molecule has 0 aliphatic carbocycles. The van der Waals surface area contributed by atoms with Gasteiger partial charge in [0.25, 0.3) is 0 Å². The van der Waals surface area contributed by atoms with Crippen LogP contribution in [0.5, 0.6) is 5.75 Å². The lowest BCUT2D eigenvalue weighted by Crippen LogP contribution is -2.41. The Labute approximate surface area is 213 Å². The zero-order chi connectivity index (χ0) is 24.8. The third-order valence-electron chi connectivity index (χ3n) is 6.81. The topological polar surface area (TPSA) is 62.7 Å². The summed E-state index contributed by atoms with van der Waals surface area (Å²) in [7, 11) is 1.56. The van der Waals surface area contributed by atoms with Gasteiger partial charge in [-0.05, 0) is 73.8 Å². The molecule has 8 heteroatoms. The number of halogens is 2. The predicted molar refractivity (Wildman–Crippen MR) is 138 cm³/mol. The highest BCUT2D eigenvalue weighted by Crippen LogP contribution is 2.44. The second kappa shape index (κ2) is 11.4. The Hall–Kier alpha value is -2.66. The van der Waals surface area contributed by atoms with E-state index in [1.807, 2.05) is 16.8 Å². The maximum Gasteiger partial charge on any atom is 0.303 e. The average molecular weight is 515 g/mol. The quantitative estimate of drug-likeness (QED) is 0.354. The molecule has 3 aromatic rings. The lowest BCUT2D eigenvalue weighted by Gasteiger charge is -2.41. The summed E-state index contributed by atoms with van der Waals surface area (Å²) in [6.45, 7) is 2.14. The first-order chi connectivity index (χ1) is 16.9. The monoisotopic (exact) mass is 514 g/mol. The van der Waals surface area contributed by atoms with E-state index in [9.17, 15) is 9.90 Å². The molecule has 1 fully saturated rings.